The van der Waals surface area contributed by atoms with Crippen molar-refractivity contribution < 1.29 is 0 Å². The molecule has 47 heavy (non-hydrogen) atoms. The van der Waals surface area contributed by atoms with Gasteiger partial charge in [-0.05, 0) is 131 Å². The maximum atomic E-state index is 5.86. The molecule has 0 saturated heterocycles. The summed E-state index contributed by atoms with van der Waals surface area (Å²) in [5, 5.41) is 0. The SMILES string of the molecule is C#C/C=C(\C=N/C)c1c(C)cc(C)c(B(c2c(C)cc(C)c(-c3cccnc3)c2C)c2c(C)cc(C)c(-c3cccnc3)c2C)c1C. The lowest BCUT2D eigenvalue weighted by molar-refractivity contribution is 1.29. The second-order valence-corrected chi connectivity index (χ2v) is 12.8. The van der Waals surface area contributed by atoms with Crippen LogP contribution in [0, 0.1) is 74.7 Å². The molecule has 4 heteroatoms. The quantitative estimate of drug-likeness (QED) is 0.107. The Hall–Kier alpha value is -5.01. The van der Waals surface area contributed by atoms with Gasteiger partial charge in [-0.15, -0.1) is 6.42 Å². The van der Waals surface area contributed by atoms with E-state index in [-0.39, 0.29) is 6.71 Å². The molecule has 2 aromatic heterocycles. The highest BCUT2D eigenvalue weighted by Crippen LogP contribution is 2.31. The monoisotopic (exact) mass is 613 g/mol. The molecule has 2 heterocycles. The van der Waals surface area contributed by atoms with Gasteiger partial charge in [0.2, 0.25) is 6.71 Å². The average Bonchev–Trinajstić information content (AvgIpc) is 3.01. The van der Waals surface area contributed by atoms with Crippen LogP contribution in [-0.4, -0.2) is 29.9 Å². The first kappa shape index (κ1) is 33.4. The van der Waals surface area contributed by atoms with Crippen LogP contribution < -0.4 is 16.4 Å². The van der Waals surface area contributed by atoms with Gasteiger partial charge in [0.05, 0.1) is 0 Å². The third kappa shape index (κ3) is 6.11. The predicted octanol–water partition coefficient (Wildman–Crippen LogP) is 7.82. The molecule has 0 radical (unpaired) electrons. The number of terminal acetylenes is 1. The van der Waals surface area contributed by atoms with Crippen molar-refractivity contribution in [2.45, 2.75) is 62.3 Å². The number of aryl methyl sites for hydroxylation is 6. The number of aliphatic imine (C=N–C) groups is 1. The first-order chi connectivity index (χ1) is 22.5. The summed E-state index contributed by atoms with van der Waals surface area (Å²) in [7, 11) is 1.80. The number of allylic oxidation sites excluding steroid dienone is 2. The van der Waals surface area contributed by atoms with E-state index in [2.05, 4.69) is 114 Å². The molecular formula is C43H44BN3. The van der Waals surface area contributed by atoms with E-state index in [4.69, 9.17) is 6.42 Å². The molecule has 0 amide bonds. The average molecular weight is 614 g/mol. The summed E-state index contributed by atoms with van der Waals surface area (Å²) in [5.41, 5.74) is 22.1. The number of benzene rings is 3. The van der Waals surface area contributed by atoms with Gasteiger partial charge < -0.3 is 0 Å². The minimum absolute atomic E-state index is 0.0490. The Morgan fingerprint density at radius 3 is 1.51 bits per heavy atom. The molecular weight excluding hydrogens is 569 g/mol. The van der Waals surface area contributed by atoms with Gasteiger partial charge in [0.1, 0.15) is 0 Å². The first-order valence-electron chi connectivity index (χ1n) is 16.2. The summed E-state index contributed by atoms with van der Waals surface area (Å²) in [5.74, 6) is 2.77. The fourth-order valence-electron chi connectivity index (χ4n) is 8.12. The minimum Gasteiger partial charge on any atom is -0.296 e. The third-order valence-corrected chi connectivity index (χ3v) is 9.66. The van der Waals surface area contributed by atoms with Crippen LogP contribution in [0.25, 0.3) is 27.8 Å². The number of hydrogen-bond acceptors (Lipinski definition) is 3. The molecule has 0 fully saturated rings. The molecule has 5 rings (SSSR count). The van der Waals surface area contributed by atoms with E-state index in [9.17, 15) is 0 Å². The Morgan fingerprint density at radius 2 is 1.11 bits per heavy atom. The van der Waals surface area contributed by atoms with E-state index in [1.54, 1.807) is 7.05 Å². The van der Waals surface area contributed by atoms with E-state index in [0.717, 1.165) is 22.3 Å². The Balaban J connectivity index is 1.99. The number of rotatable bonds is 7. The van der Waals surface area contributed by atoms with E-state index in [0.29, 0.717) is 0 Å². The topological polar surface area (TPSA) is 38.1 Å². The zero-order chi connectivity index (χ0) is 34.0. The number of aromatic nitrogens is 2. The second-order valence-electron chi connectivity index (χ2n) is 12.8. The van der Waals surface area contributed by atoms with Crippen molar-refractivity contribution in [2.24, 2.45) is 4.99 Å². The lowest BCUT2D eigenvalue weighted by atomic mass is 9.32. The summed E-state index contributed by atoms with van der Waals surface area (Å²) in [4.78, 5) is 13.4. The maximum Gasteiger partial charge on any atom is 0.243 e. The molecule has 3 nitrogen and oxygen atoms in total. The summed E-state index contributed by atoms with van der Waals surface area (Å²) < 4.78 is 0. The van der Waals surface area contributed by atoms with Crippen LogP contribution in [0.3, 0.4) is 0 Å². The Morgan fingerprint density at radius 1 is 0.660 bits per heavy atom. The number of pyridine rings is 2. The highest BCUT2D eigenvalue weighted by molar-refractivity contribution is 6.97. The molecule has 0 aliphatic rings. The van der Waals surface area contributed by atoms with Gasteiger partial charge in [-0.3, -0.25) is 15.0 Å². The van der Waals surface area contributed by atoms with Gasteiger partial charge in [-0.25, -0.2) is 0 Å². The highest BCUT2D eigenvalue weighted by Gasteiger charge is 2.34. The van der Waals surface area contributed by atoms with Gasteiger partial charge in [0.25, 0.3) is 0 Å². The second kappa shape index (κ2) is 13.8. The number of hydrogen-bond donors (Lipinski definition) is 0. The van der Waals surface area contributed by atoms with Gasteiger partial charge >= 0.3 is 0 Å². The molecule has 0 aliphatic carbocycles. The van der Waals surface area contributed by atoms with E-state index in [1.165, 1.54) is 77.6 Å². The van der Waals surface area contributed by atoms with E-state index >= 15 is 0 Å². The zero-order valence-corrected chi connectivity index (χ0v) is 29.5. The van der Waals surface area contributed by atoms with Crippen molar-refractivity contribution >= 4 is 34.9 Å². The molecule has 0 bridgehead atoms. The van der Waals surface area contributed by atoms with E-state index in [1.807, 2.05) is 49.2 Å². The Labute approximate surface area is 282 Å². The van der Waals surface area contributed by atoms with Gasteiger partial charge in [0, 0.05) is 54.7 Å². The molecule has 3 aromatic carbocycles. The standard InChI is InChI=1S/C43H44BN3/c1-12-15-35(23-45-11)38-26(2)20-29(5)41(32(38)8)44(42-30(6)21-27(3)39(33(42)9)36-16-13-18-46-24-36)43-31(7)22-28(4)40(34(43)10)37-17-14-19-47-25-37/h1,13-25H,2-11H3/b35-15+,45-23-. The lowest BCUT2D eigenvalue weighted by Gasteiger charge is -2.31. The molecule has 0 aliphatic heterocycles. The van der Waals surface area contributed by atoms with Crippen molar-refractivity contribution in [3.05, 3.63) is 129 Å². The number of nitrogens with zero attached hydrogens (tertiary/aromatic N) is 3. The molecule has 0 atom stereocenters. The largest absolute Gasteiger partial charge is 0.296 e. The Bertz CT molecular complexity index is 1980. The van der Waals surface area contributed by atoms with Crippen molar-refractivity contribution in [3.8, 4) is 34.6 Å². The lowest BCUT2D eigenvalue weighted by Crippen LogP contribution is -2.58. The van der Waals surface area contributed by atoms with Crippen LogP contribution in [0.1, 0.15) is 55.6 Å². The fourth-order valence-corrected chi connectivity index (χ4v) is 8.12. The van der Waals surface area contributed by atoms with Crippen LogP contribution in [0.4, 0.5) is 0 Å². The van der Waals surface area contributed by atoms with Crippen molar-refractivity contribution in [2.75, 3.05) is 7.05 Å². The van der Waals surface area contributed by atoms with Crippen LogP contribution in [0.5, 0.6) is 0 Å². The normalized spacial score (nSPS) is 11.6. The summed E-state index contributed by atoms with van der Waals surface area (Å²) >= 11 is 0. The summed E-state index contributed by atoms with van der Waals surface area (Å²) in [6.07, 6.45) is 17.2. The van der Waals surface area contributed by atoms with Crippen LogP contribution in [-0.2, 0) is 0 Å². The van der Waals surface area contributed by atoms with Gasteiger partial charge in [0.15, 0.2) is 0 Å². The summed E-state index contributed by atoms with van der Waals surface area (Å²) in [6.45, 7) is 20.2. The molecule has 5 aromatic rings. The molecule has 0 N–H and O–H groups in total. The first-order valence-corrected chi connectivity index (χ1v) is 16.2. The van der Waals surface area contributed by atoms with E-state index < -0.39 is 0 Å². The molecule has 234 valence electrons. The fraction of sp³-hybridized carbons (Fsp3) is 0.233. The molecule has 0 spiro atoms. The smallest absolute Gasteiger partial charge is 0.243 e. The maximum absolute atomic E-state index is 5.86. The minimum atomic E-state index is -0.0490. The predicted molar refractivity (Wildman–Crippen MR) is 204 cm³/mol. The third-order valence-electron chi connectivity index (χ3n) is 9.66. The highest BCUT2D eigenvalue weighted by atomic mass is 14.6. The van der Waals surface area contributed by atoms with Crippen molar-refractivity contribution in [3.63, 3.8) is 0 Å². The summed E-state index contributed by atoms with van der Waals surface area (Å²) in [6, 6.07) is 15.4. The van der Waals surface area contributed by atoms with Crippen LogP contribution >= 0.6 is 0 Å². The zero-order valence-electron chi connectivity index (χ0n) is 29.5. The van der Waals surface area contributed by atoms with Gasteiger partial charge in [-0.1, -0.05) is 69.3 Å². The van der Waals surface area contributed by atoms with Gasteiger partial charge in [-0.2, -0.15) is 0 Å². The van der Waals surface area contributed by atoms with Crippen molar-refractivity contribution in [1.29, 1.82) is 0 Å². The van der Waals surface area contributed by atoms with Crippen LogP contribution in [0.15, 0.2) is 78.3 Å². The molecule has 0 saturated carbocycles. The Kier molecular flexibility index (Phi) is 9.78. The van der Waals surface area contributed by atoms with Crippen molar-refractivity contribution in [1.82, 2.24) is 9.97 Å². The molecule has 0 unspecified atom stereocenters. The van der Waals surface area contributed by atoms with Crippen LogP contribution in [0.2, 0.25) is 0 Å².